The van der Waals surface area contributed by atoms with Crippen molar-refractivity contribution in [1.29, 1.82) is 0 Å². The molecule has 1 aromatic carbocycles. The molecule has 1 nitrogen and oxygen atoms in total. The van der Waals surface area contributed by atoms with Gasteiger partial charge in [0, 0.05) is 16.6 Å². The number of rotatable bonds is 4. The van der Waals surface area contributed by atoms with E-state index in [1.165, 1.54) is 5.56 Å². The summed E-state index contributed by atoms with van der Waals surface area (Å²) in [6, 6.07) is 8.41. The van der Waals surface area contributed by atoms with Crippen molar-refractivity contribution in [3.8, 4) is 0 Å². The molecular weight excluding hydrogens is 273 g/mol. The van der Waals surface area contributed by atoms with Crippen molar-refractivity contribution in [2.24, 2.45) is 0 Å². The van der Waals surface area contributed by atoms with Gasteiger partial charge in [0.1, 0.15) is 0 Å². The quantitative estimate of drug-likeness (QED) is 0.879. The van der Waals surface area contributed by atoms with Crippen molar-refractivity contribution in [3.05, 3.63) is 34.3 Å². The van der Waals surface area contributed by atoms with E-state index in [4.69, 9.17) is 0 Å². The summed E-state index contributed by atoms with van der Waals surface area (Å²) in [6.07, 6.45) is 1.14. The molecule has 0 aliphatic rings. The van der Waals surface area contributed by atoms with E-state index in [0.717, 1.165) is 17.4 Å². The van der Waals surface area contributed by atoms with E-state index in [1.807, 2.05) is 0 Å². The predicted molar refractivity (Wildman–Crippen MR) is 72.6 cm³/mol. The molecule has 86 valence electrons. The van der Waals surface area contributed by atoms with E-state index < -0.39 is 0 Å². The van der Waals surface area contributed by atoms with Crippen LogP contribution in [0.1, 0.15) is 32.8 Å². The summed E-state index contributed by atoms with van der Waals surface area (Å²) in [5.41, 5.74) is 1.54. The van der Waals surface area contributed by atoms with Gasteiger partial charge < -0.3 is 5.32 Å². The molecule has 0 atom stereocenters. The molecule has 0 heterocycles. The number of benzene rings is 1. The van der Waals surface area contributed by atoms with Gasteiger partial charge in [-0.1, -0.05) is 35.0 Å². The molecule has 3 heteroatoms. The minimum absolute atomic E-state index is 0. The highest BCUT2D eigenvalue weighted by molar-refractivity contribution is 9.10. The second-order valence-electron chi connectivity index (χ2n) is 4.22. The maximum absolute atomic E-state index is 3.53. The van der Waals surface area contributed by atoms with Crippen LogP contribution in [0.3, 0.4) is 0 Å². The Morgan fingerprint density at radius 3 is 2.53 bits per heavy atom. The molecule has 0 saturated carbocycles. The lowest BCUT2D eigenvalue weighted by Crippen LogP contribution is -2.37. The molecule has 0 saturated heterocycles. The standard InChI is InChI=1S/C12H18BrN.ClH/c1-4-12(2,3)14-9-10-6-5-7-11(13)8-10;/h5-8,14H,4,9H2,1-3H3;1H. The summed E-state index contributed by atoms with van der Waals surface area (Å²) < 4.78 is 1.14. The topological polar surface area (TPSA) is 12.0 Å². The summed E-state index contributed by atoms with van der Waals surface area (Å²) in [5.74, 6) is 0. The minimum atomic E-state index is 0. The van der Waals surface area contributed by atoms with Gasteiger partial charge in [-0.05, 0) is 38.0 Å². The Kier molecular flexibility index (Phi) is 6.49. The van der Waals surface area contributed by atoms with Crippen LogP contribution in [0, 0.1) is 0 Å². The molecule has 0 fully saturated rings. The monoisotopic (exact) mass is 291 g/mol. The summed E-state index contributed by atoms with van der Waals surface area (Å²) in [6.45, 7) is 7.59. The average molecular weight is 293 g/mol. The zero-order valence-corrected chi connectivity index (χ0v) is 11.9. The van der Waals surface area contributed by atoms with Gasteiger partial charge in [-0.15, -0.1) is 12.4 Å². The number of hydrogen-bond acceptors (Lipinski definition) is 1. The summed E-state index contributed by atoms with van der Waals surface area (Å²) >= 11 is 3.47. The third kappa shape index (κ3) is 5.55. The van der Waals surface area contributed by atoms with Gasteiger partial charge in [-0.3, -0.25) is 0 Å². The van der Waals surface area contributed by atoms with Gasteiger partial charge in [-0.2, -0.15) is 0 Å². The fourth-order valence-corrected chi connectivity index (χ4v) is 1.56. The second-order valence-corrected chi connectivity index (χ2v) is 5.14. The summed E-state index contributed by atoms with van der Waals surface area (Å²) in [5, 5.41) is 3.53. The molecule has 1 N–H and O–H groups in total. The van der Waals surface area contributed by atoms with Crippen LogP contribution in [0.15, 0.2) is 28.7 Å². The molecular formula is C12H19BrClN. The highest BCUT2D eigenvalue weighted by Gasteiger charge is 2.12. The van der Waals surface area contributed by atoms with Crippen molar-refractivity contribution in [1.82, 2.24) is 5.32 Å². The van der Waals surface area contributed by atoms with E-state index in [-0.39, 0.29) is 17.9 Å². The Morgan fingerprint density at radius 2 is 2.00 bits per heavy atom. The Hall–Kier alpha value is -0.0500. The van der Waals surface area contributed by atoms with Gasteiger partial charge in [0.2, 0.25) is 0 Å². The van der Waals surface area contributed by atoms with Crippen molar-refractivity contribution >= 4 is 28.3 Å². The Labute approximate surface area is 107 Å². The van der Waals surface area contributed by atoms with Crippen LogP contribution < -0.4 is 5.32 Å². The first kappa shape index (κ1) is 14.9. The predicted octanol–water partition coefficient (Wildman–Crippen LogP) is 4.15. The number of hydrogen-bond donors (Lipinski definition) is 1. The molecule has 0 spiro atoms. The maximum atomic E-state index is 3.53. The molecule has 1 aromatic rings. The molecule has 0 aliphatic heterocycles. The fraction of sp³-hybridized carbons (Fsp3) is 0.500. The smallest absolute Gasteiger partial charge is 0.0210 e. The van der Waals surface area contributed by atoms with Gasteiger partial charge >= 0.3 is 0 Å². The van der Waals surface area contributed by atoms with Crippen LogP contribution in [0.5, 0.6) is 0 Å². The van der Waals surface area contributed by atoms with Crippen LogP contribution >= 0.6 is 28.3 Å². The van der Waals surface area contributed by atoms with Crippen molar-refractivity contribution in [2.75, 3.05) is 0 Å². The van der Waals surface area contributed by atoms with Crippen molar-refractivity contribution in [3.63, 3.8) is 0 Å². The van der Waals surface area contributed by atoms with E-state index in [9.17, 15) is 0 Å². The third-order valence-electron chi connectivity index (χ3n) is 2.54. The molecule has 0 aliphatic carbocycles. The van der Waals surface area contributed by atoms with E-state index in [1.54, 1.807) is 0 Å². The highest BCUT2D eigenvalue weighted by Crippen LogP contribution is 2.13. The first-order chi connectivity index (χ1) is 6.53. The zero-order valence-electron chi connectivity index (χ0n) is 9.51. The van der Waals surface area contributed by atoms with Crippen LogP contribution in [0.25, 0.3) is 0 Å². The van der Waals surface area contributed by atoms with Crippen molar-refractivity contribution in [2.45, 2.75) is 39.3 Å². The zero-order chi connectivity index (χ0) is 10.6. The molecule has 0 radical (unpaired) electrons. The van der Waals surface area contributed by atoms with Crippen LogP contribution in [-0.2, 0) is 6.54 Å². The number of halogens is 2. The molecule has 0 aromatic heterocycles. The Morgan fingerprint density at radius 1 is 1.33 bits per heavy atom. The lowest BCUT2D eigenvalue weighted by atomic mass is 10.0. The lowest BCUT2D eigenvalue weighted by Gasteiger charge is -2.24. The van der Waals surface area contributed by atoms with Gasteiger partial charge in [0.25, 0.3) is 0 Å². The van der Waals surface area contributed by atoms with E-state index in [0.29, 0.717) is 0 Å². The van der Waals surface area contributed by atoms with Gasteiger partial charge in [-0.25, -0.2) is 0 Å². The fourth-order valence-electron chi connectivity index (χ4n) is 1.11. The van der Waals surface area contributed by atoms with Crippen LogP contribution in [-0.4, -0.2) is 5.54 Å². The largest absolute Gasteiger partial charge is 0.308 e. The molecule has 0 unspecified atom stereocenters. The third-order valence-corrected chi connectivity index (χ3v) is 3.04. The first-order valence-corrected chi connectivity index (χ1v) is 5.82. The molecule has 15 heavy (non-hydrogen) atoms. The normalized spacial score (nSPS) is 10.9. The van der Waals surface area contributed by atoms with Gasteiger partial charge in [0.05, 0.1) is 0 Å². The lowest BCUT2D eigenvalue weighted by molar-refractivity contribution is 0.374. The SMILES string of the molecule is CCC(C)(C)NCc1cccc(Br)c1.Cl. The van der Waals surface area contributed by atoms with Crippen LogP contribution in [0.4, 0.5) is 0 Å². The highest BCUT2D eigenvalue weighted by atomic mass is 79.9. The second kappa shape index (κ2) is 6.51. The van der Waals surface area contributed by atoms with E-state index >= 15 is 0 Å². The van der Waals surface area contributed by atoms with Crippen molar-refractivity contribution < 1.29 is 0 Å². The van der Waals surface area contributed by atoms with E-state index in [2.05, 4.69) is 66.3 Å². The molecule has 0 amide bonds. The first-order valence-electron chi connectivity index (χ1n) is 5.03. The Balaban J connectivity index is 0.00000196. The Bertz CT molecular complexity index is 299. The van der Waals surface area contributed by atoms with Crippen LogP contribution in [0.2, 0.25) is 0 Å². The maximum Gasteiger partial charge on any atom is 0.0210 e. The molecule has 0 bridgehead atoms. The summed E-state index contributed by atoms with van der Waals surface area (Å²) in [4.78, 5) is 0. The van der Waals surface area contributed by atoms with Gasteiger partial charge in [0.15, 0.2) is 0 Å². The minimum Gasteiger partial charge on any atom is -0.308 e. The molecule has 1 rings (SSSR count). The number of nitrogens with one attached hydrogen (secondary N) is 1. The average Bonchev–Trinajstić information content (AvgIpc) is 2.15. The summed E-state index contributed by atoms with van der Waals surface area (Å²) in [7, 11) is 0.